The van der Waals surface area contributed by atoms with Crippen molar-refractivity contribution in [2.24, 2.45) is 0 Å². The number of aldehydes is 1. The summed E-state index contributed by atoms with van der Waals surface area (Å²) in [4.78, 5) is 15.5. The van der Waals surface area contributed by atoms with Crippen molar-refractivity contribution in [1.82, 2.24) is 4.98 Å². The van der Waals surface area contributed by atoms with Crippen LogP contribution in [0.25, 0.3) is 21.7 Å². The van der Waals surface area contributed by atoms with Crippen LogP contribution in [0, 0.1) is 5.82 Å². The van der Waals surface area contributed by atoms with E-state index in [0.717, 1.165) is 0 Å². The van der Waals surface area contributed by atoms with E-state index in [-0.39, 0.29) is 5.75 Å². The van der Waals surface area contributed by atoms with Crippen LogP contribution in [0.4, 0.5) is 4.39 Å². The number of pyridine rings is 1. The number of ether oxygens (including phenoxy) is 3. The largest absolute Gasteiger partial charge is 0.493 e. The zero-order valence-electron chi connectivity index (χ0n) is 15.2. The van der Waals surface area contributed by atoms with Gasteiger partial charge in [0.2, 0.25) is 0 Å². The summed E-state index contributed by atoms with van der Waals surface area (Å²) in [6, 6.07) is 13.2. The molecule has 0 aliphatic carbocycles. The maximum atomic E-state index is 15.0. The van der Waals surface area contributed by atoms with Crippen molar-refractivity contribution in [2.45, 2.75) is 0 Å². The molecule has 1 heterocycles. The van der Waals surface area contributed by atoms with Gasteiger partial charge in [0.1, 0.15) is 5.75 Å². The first-order chi connectivity index (χ1) is 13.7. The number of methoxy groups -OCH3 is 2. The number of halogens is 1. The highest BCUT2D eigenvalue weighted by Crippen LogP contribution is 2.38. The topological polar surface area (TPSA) is 57.7 Å². The van der Waals surface area contributed by atoms with Crippen LogP contribution in [0.1, 0.15) is 10.4 Å². The third-order valence-electron chi connectivity index (χ3n) is 4.55. The lowest BCUT2D eigenvalue weighted by atomic mass is 10.0. The highest BCUT2D eigenvalue weighted by atomic mass is 19.1. The summed E-state index contributed by atoms with van der Waals surface area (Å²) in [5, 5.41) is 1.51. The number of fused-ring (bicyclic) bond motifs is 2. The van der Waals surface area contributed by atoms with E-state index >= 15 is 4.39 Å². The Morgan fingerprint density at radius 1 is 0.857 bits per heavy atom. The zero-order valence-corrected chi connectivity index (χ0v) is 15.2. The lowest BCUT2D eigenvalue weighted by Crippen LogP contribution is -1.95. The third kappa shape index (κ3) is 2.89. The summed E-state index contributed by atoms with van der Waals surface area (Å²) in [5.74, 6) is 1.00. The Morgan fingerprint density at radius 3 is 2.39 bits per heavy atom. The molecule has 4 rings (SSSR count). The first-order valence-corrected chi connectivity index (χ1v) is 8.51. The first kappa shape index (κ1) is 17.7. The Bertz CT molecular complexity index is 1210. The maximum Gasteiger partial charge on any atom is 0.173 e. The minimum Gasteiger partial charge on any atom is -0.493 e. The summed E-state index contributed by atoms with van der Waals surface area (Å²) >= 11 is 0. The number of rotatable bonds is 5. The second kappa shape index (κ2) is 7.15. The van der Waals surface area contributed by atoms with Gasteiger partial charge in [-0.1, -0.05) is 18.2 Å². The maximum absolute atomic E-state index is 15.0. The Labute approximate surface area is 160 Å². The molecule has 0 saturated heterocycles. The summed E-state index contributed by atoms with van der Waals surface area (Å²) in [5.41, 5.74) is 1.05. The van der Waals surface area contributed by atoms with Gasteiger partial charge in [-0.2, -0.15) is 0 Å². The predicted molar refractivity (Wildman–Crippen MR) is 104 cm³/mol. The molecule has 3 aromatic carbocycles. The average Bonchev–Trinajstić information content (AvgIpc) is 2.74. The van der Waals surface area contributed by atoms with Gasteiger partial charge >= 0.3 is 0 Å². The molecule has 0 amide bonds. The highest BCUT2D eigenvalue weighted by molar-refractivity contribution is 5.99. The van der Waals surface area contributed by atoms with E-state index in [2.05, 4.69) is 4.98 Å². The summed E-state index contributed by atoms with van der Waals surface area (Å²) in [6.45, 7) is 0. The first-order valence-electron chi connectivity index (χ1n) is 8.51. The number of hydrogen-bond donors (Lipinski definition) is 0. The lowest BCUT2D eigenvalue weighted by molar-refractivity contribution is 0.112. The molecule has 0 aliphatic heterocycles. The highest BCUT2D eigenvalue weighted by Gasteiger charge is 2.15. The molecular weight excluding hydrogens is 361 g/mol. The Balaban J connectivity index is 1.84. The monoisotopic (exact) mass is 377 g/mol. The smallest absolute Gasteiger partial charge is 0.173 e. The molecule has 0 N–H and O–H groups in total. The quantitative estimate of drug-likeness (QED) is 0.450. The van der Waals surface area contributed by atoms with E-state index in [9.17, 15) is 4.79 Å². The van der Waals surface area contributed by atoms with Gasteiger partial charge < -0.3 is 14.2 Å². The number of nitrogens with zero attached hydrogens (tertiary/aromatic N) is 1. The van der Waals surface area contributed by atoms with E-state index in [4.69, 9.17) is 14.2 Å². The predicted octanol–water partition coefficient (Wildman–Crippen LogP) is 5.15. The van der Waals surface area contributed by atoms with Crippen LogP contribution in [0.5, 0.6) is 23.0 Å². The number of hydrogen-bond acceptors (Lipinski definition) is 5. The summed E-state index contributed by atoms with van der Waals surface area (Å²) in [6.07, 6.45) is 2.28. The molecule has 1 aromatic heterocycles. The molecule has 0 spiro atoms. The van der Waals surface area contributed by atoms with Crippen LogP contribution < -0.4 is 14.2 Å². The van der Waals surface area contributed by atoms with Crippen molar-refractivity contribution in [3.63, 3.8) is 0 Å². The van der Waals surface area contributed by atoms with Crippen LogP contribution in [-0.4, -0.2) is 25.5 Å². The molecule has 0 radical (unpaired) electrons. The van der Waals surface area contributed by atoms with Gasteiger partial charge in [-0.15, -0.1) is 0 Å². The van der Waals surface area contributed by atoms with Gasteiger partial charge in [0.05, 0.1) is 19.7 Å². The van der Waals surface area contributed by atoms with Gasteiger partial charge in [-0.05, 0) is 29.7 Å². The Hall–Kier alpha value is -3.67. The number of benzene rings is 3. The van der Waals surface area contributed by atoms with Gasteiger partial charge in [-0.3, -0.25) is 9.78 Å². The fourth-order valence-corrected chi connectivity index (χ4v) is 3.16. The molecule has 0 fully saturated rings. The number of carbonyl (C=O) groups excluding carboxylic acids is 1. The molecule has 0 unspecified atom stereocenters. The van der Waals surface area contributed by atoms with Crippen LogP contribution in [0.3, 0.4) is 0 Å². The van der Waals surface area contributed by atoms with Crippen LogP contribution in [0.15, 0.2) is 54.7 Å². The van der Waals surface area contributed by atoms with Gasteiger partial charge in [0, 0.05) is 28.6 Å². The summed E-state index contributed by atoms with van der Waals surface area (Å²) < 4.78 is 31.5. The van der Waals surface area contributed by atoms with E-state index in [1.165, 1.54) is 13.2 Å². The van der Waals surface area contributed by atoms with E-state index in [0.29, 0.717) is 50.8 Å². The fourth-order valence-electron chi connectivity index (χ4n) is 3.16. The Kier molecular flexibility index (Phi) is 4.53. The van der Waals surface area contributed by atoms with Crippen molar-refractivity contribution in [3.05, 3.63) is 66.1 Å². The zero-order chi connectivity index (χ0) is 19.7. The second-order valence-corrected chi connectivity index (χ2v) is 6.07. The standard InChI is InChI=1S/C22H16FNO4/c1-26-20-10-16-17(11-21(20)27-2)24-9-8-18(16)28-19-7-6-14-13(12-25)4-3-5-15(14)22(19)23/h3-12H,1-2H3. The third-order valence-corrected chi connectivity index (χ3v) is 4.55. The molecule has 0 saturated carbocycles. The normalized spacial score (nSPS) is 10.8. The van der Waals surface area contributed by atoms with Gasteiger partial charge in [-0.25, -0.2) is 4.39 Å². The van der Waals surface area contributed by atoms with E-state index in [1.54, 1.807) is 55.8 Å². The van der Waals surface area contributed by atoms with Crippen molar-refractivity contribution in [2.75, 3.05) is 14.2 Å². The lowest BCUT2D eigenvalue weighted by Gasteiger charge is -2.13. The van der Waals surface area contributed by atoms with Crippen molar-refractivity contribution >= 4 is 28.0 Å². The van der Waals surface area contributed by atoms with Crippen molar-refractivity contribution in [1.29, 1.82) is 0 Å². The van der Waals surface area contributed by atoms with Gasteiger partial charge in [0.15, 0.2) is 29.4 Å². The molecule has 4 aromatic rings. The minimum atomic E-state index is -0.536. The molecule has 6 heteroatoms. The average molecular weight is 377 g/mol. The van der Waals surface area contributed by atoms with E-state index < -0.39 is 5.82 Å². The molecule has 28 heavy (non-hydrogen) atoms. The molecular formula is C22H16FNO4. The van der Waals surface area contributed by atoms with Crippen LogP contribution in [-0.2, 0) is 0 Å². The van der Waals surface area contributed by atoms with Crippen molar-refractivity contribution in [3.8, 4) is 23.0 Å². The summed E-state index contributed by atoms with van der Waals surface area (Å²) in [7, 11) is 3.08. The van der Waals surface area contributed by atoms with Crippen molar-refractivity contribution < 1.29 is 23.4 Å². The minimum absolute atomic E-state index is 0.0535. The number of carbonyl (C=O) groups is 1. The molecule has 140 valence electrons. The van der Waals surface area contributed by atoms with Crippen LogP contribution >= 0.6 is 0 Å². The second-order valence-electron chi connectivity index (χ2n) is 6.07. The molecule has 0 atom stereocenters. The molecule has 0 bridgehead atoms. The molecule has 0 aliphatic rings. The fraction of sp³-hybridized carbons (Fsp3) is 0.0909. The van der Waals surface area contributed by atoms with Crippen LogP contribution in [0.2, 0.25) is 0 Å². The Morgan fingerprint density at radius 2 is 1.64 bits per heavy atom. The number of aromatic nitrogens is 1. The molecule has 5 nitrogen and oxygen atoms in total. The SMILES string of the molecule is COc1cc2nccc(Oc3ccc4c(C=O)cccc4c3F)c2cc1OC. The van der Waals surface area contributed by atoms with Gasteiger partial charge in [0.25, 0.3) is 0 Å². The van der Waals surface area contributed by atoms with E-state index in [1.807, 2.05) is 0 Å².